The lowest BCUT2D eigenvalue weighted by Gasteiger charge is -2.27. The number of hydrogen-bond acceptors (Lipinski definition) is 6. The molecular formula is C27H33N3O6. The normalized spacial score (nSPS) is 18.7. The molecule has 0 aliphatic carbocycles. The van der Waals surface area contributed by atoms with Crippen molar-refractivity contribution < 1.29 is 29.7 Å². The van der Waals surface area contributed by atoms with Gasteiger partial charge in [0.1, 0.15) is 6.10 Å². The summed E-state index contributed by atoms with van der Waals surface area (Å²) in [6.07, 6.45) is 2.06. The van der Waals surface area contributed by atoms with Crippen molar-refractivity contribution >= 4 is 29.1 Å². The van der Waals surface area contributed by atoms with Crippen molar-refractivity contribution in [3.63, 3.8) is 0 Å². The van der Waals surface area contributed by atoms with Gasteiger partial charge in [-0.2, -0.15) is 0 Å². The molecule has 0 fully saturated rings. The number of aliphatic hydroxyl groups excluding tert-OH is 2. The number of rotatable bonds is 10. The molecule has 1 heterocycles. The van der Waals surface area contributed by atoms with Crippen molar-refractivity contribution in [3.05, 3.63) is 71.8 Å². The fourth-order valence-electron chi connectivity index (χ4n) is 4.24. The van der Waals surface area contributed by atoms with Gasteiger partial charge in [-0.25, -0.2) is 0 Å². The lowest BCUT2D eigenvalue weighted by atomic mass is 9.82. The third-order valence-electron chi connectivity index (χ3n) is 6.36. The zero-order chi connectivity index (χ0) is 26.5. The molecule has 0 saturated carbocycles. The summed E-state index contributed by atoms with van der Waals surface area (Å²) in [5.74, 6) is -2.01. The fraction of sp³-hybridized carbons (Fsp3) is 0.370. The third-order valence-corrected chi connectivity index (χ3v) is 6.36. The minimum absolute atomic E-state index is 0.0363. The molecule has 2 aromatic carbocycles. The number of likely N-dealkylation sites (N-methyl/N-ethyl adjacent to an activating group) is 1. The van der Waals surface area contributed by atoms with Crippen molar-refractivity contribution in [2.45, 2.75) is 38.5 Å². The quantitative estimate of drug-likeness (QED) is 0.372. The second-order valence-corrected chi connectivity index (χ2v) is 8.97. The van der Waals surface area contributed by atoms with E-state index in [0.29, 0.717) is 23.5 Å². The van der Waals surface area contributed by atoms with Crippen LogP contribution in [0.15, 0.2) is 60.7 Å². The van der Waals surface area contributed by atoms with Gasteiger partial charge in [-0.3, -0.25) is 14.4 Å². The van der Waals surface area contributed by atoms with Crippen LogP contribution in [0.3, 0.4) is 0 Å². The molecule has 0 spiro atoms. The number of hydrogen-bond donors (Lipinski definition) is 4. The number of carbonyl (C=O) groups is 3. The first-order valence-electron chi connectivity index (χ1n) is 11.8. The topological polar surface area (TPSA) is 130 Å². The number of fused-ring (bicyclic) bond motifs is 1. The Morgan fingerprint density at radius 3 is 2.50 bits per heavy atom. The van der Waals surface area contributed by atoms with E-state index in [2.05, 4.69) is 5.32 Å². The molecule has 0 unspecified atom stereocenters. The van der Waals surface area contributed by atoms with Crippen LogP contribution in [0.25, 0.3) is 0 Å². The summed E-state index contributed by atoms with van der Waals surface area (Å²) in [5, 5.41) is 33.0. The molecule has 36 heavy (non-hydrogen) atoms. The molecule has 0 radical (unpaired) electrons. The van der Waals surface area contributed by atoms with Crippen molar-refractivity contribution in [3.8, 4) is 0 Å². The van der Waals surface area contributed by atoms with Crippen molar-refractivity contribution in [1.29, 1.82) is 0 Å². The van der Waals surface area contributed by atoms with E-state index in [1.807, 2.05) is 30.3 Å². The standard InChI is InChI=1S/C27H33N3O6/c1-18(8-7-11-24(33)30(14-15-31)17-20-9-5-4-6-10-20)27(36)22-16-21(28-25(34)19(2)32)12-13-23(22)29(3)26(27)35/h4-10,12-13,16,18-19,31-32,36H,11,14-15,17H2,1-3H3,(H,28,34)/b8-7+/t18-,19-,27+/m0/s1. The van der Waals surface area contributed by atoms with Gasteiger partial charge in [0, 0.05) is 43.7 Å². The highest BCUT2D eigenvalue weighted by molar-refractivity contribution is 6.07. The monoisotopic (exact) mass is 495 g/mol. The average molecular weight is 496 g/mol. The summed E-state index contributed by atoms with van der Waals surface area (Å²) in [5.41, 5.74) is 0.219. The summed E-state index contributed by atoms with van der Waals surface area (Å²) in [6.45, 7) is 3.41. The van der Waals surface area contributed by atoms with E-state index in [9.17, 15) is 29.7 Å². The van der Waals surface area contributed by atoms with Gasteiger partial charge >= 0.3 is 0 Å². The molecule has 192 valence electrons. The second kappa shape index (κ2) is 11.5. The van der Waals surface area contributed by atoms with Gasteiger partial charge in [0.15, 0.2) is 5.60 Å². The molecular weight excluding hydrogens is 462 g/mol. The first-order chi connectivity index (χ1) is 17.1. The van der Waals surface area contributed by atoms with Crippen LogP contribution in [0, 0.1) is 5.92 Å². The number of benzene rings is 2. The molecule has 3 amide bonds. The predicted molar refractivity (Wildman–Crippen MR) is 136 cm³/mol. The van der Waals surface area contributed by atoms with Gasteiger partial charge in [-0.1, -0.05) is 49.4 Å². The Morgan fingerprint density at radius 2 is 1.86 bits per heavy atom. The number of carbonyl (C=O) groups excluding carboxylic acids is 3. The highest BCUT2D eigenvalue weighted by Crippen LogP contribution is 2.45. The zero-order valence-electron chi connectivity index (χ0n) is 20.7. The third kappa shape index (κ3) is 5.64. The maximum atomic E-state index is 13.1. The highest BCUT2D eigenvalue weighted by Gasteiger charge is 2.51. The Kier molecular flexibility index (Phi) is 8.62. The number of aliphatic hydroxyl groups is 3. The van der Waals surface area contributed by atoms with Crippen LogP contribution in [-0.4, -0.2) is 64.2 Å². The summed E-state index contributed by atoms with van der Waals surface area (Å²) in [6, 6.07) is 14.2. The van der Waals surface area contributed by atoms with Crippen LogP contribution in [0.5, 0.6) is 0 Å². The molecule has 1 aliphatic heterocycles. The van der Waals surface area contributed by atoms with Crippen molar-refractivity contribution in [2.24, 2.45) is 5.92 Å². The number of nitrogens with zero attached hydrogens (tertiary/aromatic N) is 2. The second-order valence-electron chi connectivity index (χ2n) is 8.97. The van der Waals surface area contributed by atoms with Crippen molar-refractivity contribution in [2.75, 3.05) is 30.4 Å². The molecule has 9 nitrogen and oxygen atoms in total. The van der Waals surface area contributed by atoms with Gasteiger partial charge in [0.2, 0.25) is 5.91 Å². The lowest BCUT2D eigenvalue weighted by molar-refractivity contribution is -0.139. The SMILES string of the molecule is C[C@H](O)C(=O)Nc1ccc2c(c1)[C@](O)([C@@H](C)/C=C/CC(=O)N(CCO)Cc1ccccc1)C(=O)N2C. The summed E-state index contributed by atoms with van der Waals surface area (Å²) < 4.78 is 0. The molecule has 2 aromatic rings. The van der Waals surface area contributed by atoms with E-state index in [0.717, 1.165) is 5.56 Å². The fourth-order valence-corrected chi connectivity index (χ4v) is 4.24. The first-order valence-corrected chi connectivity index (χ1v) is 11.8. The highest BCUT2D eigenvalue weighted by atomic mass is 16.3. The molecule has 0 bridgehead atoms. The minimum atomic E-state index is -1.90. The number of nitrogens with one attached hydrogen (secondary N) is 1. The smallest absolute Gasteiger partial charge is 0.264 e. The number of anilines is 2. The zero-order valence-corrected chi connectivity index (χ0v) is 20.7. The van der Waals surface area contributed by atoms with Crippen molar-refractivity contribution in [1.82, 2.24) is 4.90 Å². The largest absolute Gasteiger partial charge is 0.395 e. The lowest BCUT2D eigenvalue weighted by Crippen LogP contribution is -2.43. The van der Waals surface area contributed by atoms with Crippen LogP contribution >= 0.6 is 0 Å². The van der Waals surface area contributed by atoms with E-state index < -0.39 is 29.4 Å². The predicted octanol–water partition coefficient (Wildman–Crippen LogP) is 1.77. The van der Waals surface area contributed by atoms with E-state index >= 15 is 0 Å². The van der Waals surface area contributed by atoms with Gasteiger partial charge in [0.25, 0.3) is 11.8 Å². The maximum absolute atomic E-state index is 13.1. The number of amides is 3. The Morgan fingerprint density at radius 1 is 1.17 bits per heavy atom. The van der Waals surface area contributed by atoms with E-state index in [4.69, 9.17) is 0 Å². The van der Waals surface area contributed by atoms with Crippen LogP contribution < -0.4 is 10.2 Å². The van der Waals surface area contributed by atoms with E-state index in [1.54, 1.807) is 43.2 Å². The Labute approximate surface area is 210 Å². The Balaban J connectivity index is 1.76. The summed E-state index contributed by atoms with van der Waals surface area (Å²) >= 11 is 0. The van der Waals surface area contributed by atoms with Crippen LogP contribution in [0.4, 0.5) is 11.4 Å². The Hall–Kier alpha value is -3.53. The van der Waals surface area contributed by atoms with E-state index in [-0.39, 0.29) is 25.5 Å². The molecule has 4 N–H and O–H groups in total. The van der Waals surface area contributed by atoms with Crippen LogP contribution in [0.2, 0.25) is 0 Å². The molecule has 9 heteroatoms. The molecule has 3 atom stereocenters. The summed E-state index contributed by atoms with van der Waals surface area (Å²) in [7, 11) is 1.56. The first kappa shape index (κ1) is 27.1. The van der Waals surface area contributed by atoms with Gasteiger partial charge in [-0.15, -0.1) is 0 Å². The van der Waals surface area contributed by atoms with Gasteiger partial charge in [0.05, 0.1) is 12.3 Å². The van der Waals surface area contributed by atoms with Gasteiger partial charge in [-0.05, 0) is 30.7 Å². The average Bonchev–Trinajstić information content (AvgIpc) is 3.05. The molecule has 0 aromatic heterocycles. The minimum Gasteiger partial charge on any atom is -0.395 e. The van der Waals surface area contributed by atoms with Crippen LogP contribution in [-0.2, 0) is 26.5 Å². The molecule has 3 rings (SSSR count). The Bertz CT molecular complexity index is 1130. The summed E-state index contributed by atoms with van der Waals surface area (Å²) in [4.78, 5) is 40.7. The van der Waals surface area contributed by atoms with E-state index in [1.165, 1.54) is 17.9 Å². The van der Waals surface area contributed by atoms with Gasteiger partial charge < -0.3 is 30.4 Å². The molecule has 0 saturated heterocycles. The maximum Gasteiger partial charge on any atom is 0.264 e. The van der Waals surface area contributed by atoms with Crippen LogP contribution in [0.1, 0.15) is 31.4 Å². The molecule has 1 aliphatic rings.